The fourth-order valence-corrected chi connectivity index (χ4v) is 9.41. The molecule has 1 aliphatic carbocycles. The third kappa shape index (κ3) is 4.12. The van der Waals surface area contributed by atoms with E-state index in [1.54, 1.807) is 11.3 Å². The summed E-state index contributed by atoms with van der Waals surface area (Å²) in [6, 6.07) is 57.0. The number of aromatic nitrogens is 1. The van der Waals surface area contributed by atoms with E-state index in [-0.39, 0.29) is 0 Å². The first kappa shape index (κ1) is 26.6. The maximum Gasteiger partial charge on any atom is 0.124 e. The number of hydrogen-bond donors (Lipinski definition) is 0. The Labute approximate surface area is 280 Å². The second-order valence-electron chi connectivity index (χ2n) is 11.9. The Morgan fingerprint density at radius 1 is 0.447 bits per heavy atom. The molecule has 1 aliphatic rings. The first-order valence-electron chi connectivity index (χ1n) is 15.8. The van der Waals surface area contributed by atoms with Gasteiger partial charge in [-0.1, -0.05) is 127 Å². The third-order valence-electron chi connectivity index (χ3n) is 9.26. The Hall–Kier alpha value is -5.55. The van der Waals surface area contributed by atoms with Gasteiger partial charge in [-0.05, 0) is 35.9 Å². The molecule has 0 spiro atoms. The smallest absolute Gasteiger partial charge is 0.124 e. The standard InChI is InChI=1S/C43H26N2S2/c1-3-12-27(13-4-1)30-16-7-9-20-36(30)45(29-22-23-32-31-17-8-10-21-38(31)46-39(32)26-29)37-25-24-34-40-33(37)18-11-19-35(40)42-41(34)44-43(47-42)28-14-5-2-6-15-28/h1-26H. The molecule has 4 heteroatoms. The fourth-order valence-electron chi connectivity index (χ4n) is 7.15. The molecule has 0 N–H and O–H groups in total. The summed E-state index contributed by atoms with van der Waals surface area (Å²) in [5.41, 5.74) is 10.6. The first-order valence-corrected chi connectivity index (χ1v) is 17.4. The fraction of sp³-hybridized carbons (Fsp3) is 0. The van der Waals surface area contributed by atoms with Crippen molar-refractivity contribution >= 4 is 70.7 Å². The van der Waals surface area contributed by atoms with Crippen LogP contribution >= 0.6 is 22.7 Å². The van der Waals surface area contributed by atoms with Crippen LogP contribution in [0.15, 0.2) is 158 Å². The van der Waals surface area contributed by atoms with Gasteiger partial charge in [-0.25, -0.2) is 4.98 Å². The van der Waals surface area contributed by atoms with Gasteiger partial charge in [0.1, 0.15) is 5.01 Å². The van der Waals surface area contributed by atoms with Crippen molar-refractivity contribution in [3.05, 3.63) is 158 Å². The lowest BCUT2D eigenvalue weighted by Crippen LogP contribution is -2.11. The molecular weight excluding hydrogens is 609 g/mol. The largest absolute Gasteiger partial charge is 0.309 e. The number of hydrogen-bond acceptors (Lipinski definition) is 4. The van der Waals surface area contributed by atoms with Gasteiger partial charge in [-0.2, -0.15) is 0 Å². The van der Waals surface area contributed by atoms with E-state index < -0.39 is 0 Å². The van der Waals surface area contributed by atoms with Crippen molar-refractivity contribution in [1.82, 2.24) is 4.98 Å². The molecule has 0 saturated carbocycles. The zero-order valence-electron chi connectivity index (χ0n) is 25.2. The number of fused-ring (bicyclic) bond motifs is 6. The van der Waals surface area contributed by atoms with Crippen LogP contribution in [0, 0.1) is 0 Å². The molecule has 0 atom stereocenters. The van der Waals surface area contributed by atoms with Crippen LogP contribution in [0.1, 0.15) is 0 Å². The van der Waals surface area contributed by atoms with Gasteiger partial charge in [0.2, 0.25) is 0 Å². The highest BCUT2D eigenvalue weighted by atomic mass is 32.1. The summed E-state index contributed by atoms with van der Waals surface area (Å²) in [5, 5.41) is 6.19. The summed E-state index contributed by atoms with van der Waals surface area (Å²) in [6.45, 7) is 0. The summed E-state index contributed by atoms with van der Waals surface area (Å²) in [4.78, 5) is 8.92. The summed E-state index contributed by atoms with van der Waals surface area (Å²) in [5.74, 6) is 0. The molecule has 0 saturated heterocycles. The number of thiophene rings is 1. The van der Waals surface area contributed by atoms with Crippen molar-refractivity contribution in [3.63, 3.8) is 0 Å². The van der Waals surface area contributed by atoms with Crippen molar-refractivity contribution in [3.8, 4) is 43.4 Å². The van der Waals surface area contributed by atoms with Crippen LogP contribution < -0.4 is 4.90 Å². The predicted octanol–water partition coefficient (Wildman–Crippen LogP) is 13.1. The van der Waals surface area contributed by atoms with E-state index in [1.807, 2.05) is 11.3 Å². The highest BCUT2D eigenvalue weighted by Gasteiger charge is 2.29. The molecule has 10 rings (SSSR count). The third-order valence-corrected chi connectivity index (χ3v) is 11.5. The molecule has 47 heavy (non-hydrogen) atoms. The van der Waals surface area contributed by atoms with E-state index in [4.69, 9.17) is 4.98 Å². The van der Waals surface area contributed by atoms with Crippen molar-refractivity contribution < 1.29 is 0 Å². The Balaban J connectivity index is 1.21. The lowest BCUT2D eigenvalue weighted by Gasteiger charge is -2.29. The van der Waals surface area contributed by atoms with Crippen LogP contribution in [-0.4, -0.2) is 4.98 Å². The van der Waals surface area contributed by atoms with E-state index in [2.05, 4.69) is 163 Å². The Morgan fingerprint density at radius 2 is 1.15 bits per heavy atom. The van der Waals surface area contributed by atoms with E-state index in [9.17, 15) is 0 Å². The minimum absolute atomic E-state index is 1.07. The number of nitrogens with zero attached hydrogens (tertiary/aromatic N) is 2. The van der Waals surface area contributed by atoms with Crippen LogP contribution in [0.3, 0.4) is 0 Å². The summed E-state index contributed by atoms with van der Waals surface area (Å²) < 4.78 is 2.60. The van der Waals surface area contributed by atoms with Crippen molar-refractivity contribution in [2.75, 3.05) is 4.90 Å². The number of anilines is 3. The zero-order chi connectivity index (χ0) is 30.9. The number of thiazole rings is 1. The second-order valence-corrected chi connectivity index (χ2v) is 14.0. The summed E-state index contributed by atoms with van der Waals surface area (Å²) in [7, 11) is 0. The van der Waals surface area contributed by atoms with Gasteiger partial charge >= 0.3 is 0 Å². The number of benzene rings is 7. The highest BCUT2D eigenvalue weighted by molar-refractivity contribution is 7.25. The molecule has 0 radical (unpaired) electrons. The molecule has 0 fully saturated rings. The van der Waals surface area contributed by atoms with Crippen LogP contribution in [0.2, 0.25) is 0 Å². The number of para-hydroxylation sites is 1. The molecule has 7 aromatic carbocycles. The predicted molar refractivity (Wildman–Crippen MR) is 202 cm³/mol. The van der Waals surface area contributed by atoms with Crippen LogP contribution in [0.4, 0.5) is 17.1 Å². The minimum Gasteiger partial charge on any atom is -0.309 e. The van der Waals surface area contributed by atoms with Gasteiger partial charge < -0.3 is 4.90 Å². The molecule has 0 bridgehead atoms. The molecule has 220 valence electrons. The molecular formula is C43H26N2S2. The van der Waals surface area contributed by atoms with E-state index in [0.717, 1.165) is 33.3 Å². The molecule has 2 heterocycles. The normalized spacial score (nSPS) is 11.8. The van der Waals surface area contributed by atoms with Crippen molar-refractivity contribution in [2.45, 2.75) is 0 Å². The van der Waals surface area contributed by atoms with Crippen LogP contribution in [0.5, 0.6) is 0 Å². The zero-order valence-corrected chi connectivity index (χ0v) is 26.9. The van der Waals surface area contributed by atoms with Crippen LogP contribution in [0.25, 0.3) is 74.3 Å². The molecule has 9 aromatic rings. The molecule has 0 amide bonds. The van der Waals surface area contributed by atoms with Crippen LogP contribution in [-0.2, 0) is 0 Å². The maximum atomic E-state index is 5.21. The topological polar surface area (TPSA) is 16.1 Å². The van der Waals surface area contributed by atoms with E-state index in [1.165, 1.54) is 58.1 Å². The number of rotatable bonds is 5. The van der Waals surface area contributed by atoms with Gasteiger partial charge in [-0.3, -0.25) is 0 Å². The molecule has 2 nitrogen and oxygen atoms in total. The lowest BCUT2D eigenvalue weighted by molar-refractivity contribution is 1.30. The molecule has 0 aliphatic heterocycles. The Kier molecular flexibility index (Phi) is 5.95. The first-order chi connectivity index (χ1) is 23.3. The van der Waals surface area contributed by atoms with Gasteiger partial charge in [0, 0.05) is 58.9 Å². The van der Waals surface area contributed by atoms with E-state index >= 15 is 0 Å². The second kappa shape index (κ2) is 10.5. The Bertz CT molecular complexity index is 2610. The summed E-state index contributed by atoms with van der Waals surface area (Å²) >= 11 is 3.65. The Morgan fingerprint density at radius 3 is 2.02 bits per heavy atom. The highest BCUT2D eigenvalue weighted by Crippen LogP contribution is 2.54. The van der Waals surface area contributed by atoms with Gasteiger partial charge in [-0.15, -0.1) is 22.7 Å². The van der Waals surface area contributed by atoms with Crippen molar-refractivity contribution in [1.29, 1.82) is 0 Å². The minimum atomic E-state index is 1.07. The average molecular weight is 635 g/mol. The molecule has 0 unspecified atom stereocenters. The quantitative estimate of drug-likeness (QED) is 0.187. The average Bonchev–Trinajstić information content (AvgIpc) is 3.82. The van der Waals surface area contributed by atoms with E-state index in [0.29, 0.717) is 0 Å². The van der Waals surface area contributed by atoms with Gasteiger partial charge in [0.25, 0.3) is 0 Å². The van der Waals surface area contributed by atoms with Crippen molar-refractivity contribution in [2.24, 2.45) is 0 Å². The summed E-state index contributed by atoms with van der Waals surface area (Å²) in [6.07, 6.45) is 0. The maximum absolute atomic E-state index is 5.21. The van der Waals surface area contributed by atoms with Gasteiger partial charge in [0.15, 0.2) is 0 Å². The SMILES string of the molecule is c1ccc(-c2nc3c(s2)-c2cccc4c(N(c5ccc6c(c5)sc5ccccc56)c5ccccc5-c5ccccc5)ccc-3c24)cc1. The monoisotopic (exact) mass is 634 g/mol. The lowest BCUT2D eigenvalue weighted by atomic mass is 9.98. The van der Waals surface area contributed by atoms with Gasteiger partial charge in [0.05, 0.1) is 21.9 Å². The molecule has 2 aromatic heterocycles.